The summed E-state index contributed by atoms with van der Waals surface area (Å²) in [4.78, 5) is 0. The van der Waals surface area contributed by atoms with Gasteiger partial charge in [0.25, 0.3) is 0 Å². The Bertz CT molecular complexity index is 628. The van der Waals surface area contributed by atoms with Gasteiger partial charge in [-0.3, -0.25) is 9.88 Å². The highest BCUT2D eigenvalue weighted by Crippen LogP contribution is 2.58. The van der Waals surface area contributed by atoms with Crippen molar-refractivity contribution in [3.63, 3.8) is 0 Å². The molecule has 0 aliphatic heterocycles. The van der Waals surface area contributed by atoms with Crippen molar-refractivity contribution in [3.05, 3.63) is 71.8 Å². The van der Waals surface area contributed by atoms with E-state index in [-0.39, 0.29) is 6.54 Å². The van der Waals surface area contributed by atoms with Crippen LogP contribution < -0.4 is 5.32 Å². The van der Waals surface area contributed by atoms with E-state index in [1.54, 1.807) is 0 Å². The molecule has 2 aromatic rings. The van der Waals surface area contributed by atoms with Crippen molar-refractivity contribution in [1.82, 2.24) is 5.32 Å². The quantitative estimate of drug-likeness (QED) is 0.723. The van der Waals surface area contributed by atoms with Crippen molar-refractivity contribution in [2.45, 2.75) is 11.9 Å². The Morgan fingerprint density at radius 3 is 1.91 bits per heavy atom. The van der Waals surface area contributed by atoms with Gasteiger partial charge in [0.05, 0.1) is 6.10 Å². The van der Waals surface area contributed by atoms with Crippen LogP contribution in [0.1, 0.15) is 23.0 Å². The Morgan fingerprint density at radius 2 is 1.43 bits per heavy atom. The summed E-state index contributed by atoms with van der Waals surface area (Å²) < 4.78 is 23.1. The zero-order chi connectivity index (χ0) is 16.7. The molecule has 2 rings (SSSR count). The molecule has 6 heteroatoms. The smallest absolute Gasteiger partial charge is 0.351 e. The first kappa shape index (κ1) is 17.9. The summed E-state index contributed by atoms with van der Waals surface area (Å²) in [5.41, 5.74) is 1.57. The second-order valence-corrected chi connectivity index (χ2v) is 7.38. The van der Waals surface area contributed by atoms with Gasteiger partial charge in [0, 0.05) is 20.8 Å². The normalized spacial score (nSPS) is 14.4. The van der Waals surface area contributed by atoms with Gasteiger partial charge in [-0.1, -0.05) is 60.7 Å². The number of aliphatic hydroxyl groups excluding tert-OH is 1. The van der Waals surface area contributed by atoms with Gasteiger partial charge in [0.1, 0.15) is 5.78 Å². The van der Waals surface area contributed by atoms with Crippen molar-refractivity contribution in [1.29, 1.82) is 0 Å². The van der Waals surface area contributed by atoms with Crippen LogP contribution in [0, 0.1) is 0 Å². The van der Waals surface area contributed by atoms with Crippen molar-refractivity contribution in [2.24, 2.45) is 0 Å². The zero-order valence-electron chi connectivity index (χ0n) is 13.3. The third-order valence-corrected chi connectivity index (χ3v) is 5.76. The van der Waals surface area contributed by atoms with Crippen LogP contribution in [0.2, 0.25) is 0 Å². The molecule has 2 aromatic carbocycles. The molecule has 0 aliphatic carbocycles. The second kappa shape index (κ2) is 8.39. The Hall–Kier alpha value is -1.49. The van der Waals surface area contributed by atoms with Crippen LogP contribution in [0.5, 0.6) is 0 Å². The highest BCUT2D eigenvalue weighted by atomic mass is 31.2. The molecule has 2 N–H and O–H groups in total. The molecule has 0 heterocycles. The fraction of sp³-hybridized carbons (Fsp3) is 0.294. The molecule has 5 nitrogen and oxygen atoms in total. The van der Waals surface area contributed by atoms with E-state index >= 15 is 0 Å². The summed E-state index contributed by atoms with van der Waals surface area (Å²) in [5, 5.41) is 13.4. The summed E-state index contributed by atoms with van der Waals surface area (Å²) in [6, 6.07) is 18.6. The first-order valence-electron chi connectivity index (χ1n) is 7.33. The van der Waals surface area contributed by atoms with Gasteiger partial charge < -0.3 is 14.2 Å². The molecule has 23 heavy (non-hydrogen) atoms. The molecule has 0 radical (unpaired) electrons. The molecule has 2 atom stereocenters. The minimum Gasteiger partial charge on any atom is -0.387 e. The minimum atomic E-state index is -3.38. The highest BCUT2D eigenvalue weighted by Gasteiger charge is 2.35. The van der Waals surface area contributed by atoms with Gasteiger partial charge in [-0.15, -0.1) is 0 Å². The summed E-state index contributed by atoms with van der Waals surface area (Å²) in [6.07, 6.45) is -0.718. The average molecular weight is 335 g/mol. The molecule has 0 unspecified atom stereocenters. The van der Waals surface area contributed by atoms with Gasteiger partial charge in [0.2, 0.25) is 0 Å². The van der Waals surface area contributed by atoms with Crippen molar-refractivity contribution >= 4 is 7.60 Å². The SMILES string of the molecule is COP(=O)(OC)[C@@H](NC[C@H](O)c1ccccc1)c1ccccc1. The number of nitrogens with one attached hydrogen (secondary N) is 1. The van der Waals surface area contributed by atoms with Crippen LogP contribution in [-0.4, -0.2) is 25.9 Å². The first-order valence-corrected chi connectivity index (χ1v) is 8.94. The molecule has 0 saturated carbocycles. The van der Waals surface area contributed by atoms with Crippen molar-refractivity contribution in [3.8, 4) is 0 Å². The lowest BCUT2D eigenvalue weighted by atomic mass is 10.1. The fourth-order valence-electron chi connectivity index (χ4n) is 2.35. The Morgan fingerprint density at radius 1 is 0.957 bits per heavy atom. The lowest BCUT2D eigenvalue weighted by molar-refractivity contribution is 0.170. The Balaban J connectivity index is 2.17. The lowest BCUT2D eigenvalue weighted by Gasteiger charge is -2.26. The third kappa shape index (κ3) is 4.50. The van der Waals surface area contributed by atoms with Crippen LogP contribution >= 0.6 is 7.60 Å². The van der Waals surface area contributed by atoms with Gasteiger partial charge in [-0.05, 0) is 11.1 Å². The predicted octanol–water partition coefficient (Wildman–Crippen LogP) is 3.49. The monoisotopic (exact) mass is 335 g/mol. The van der Waals surface area contributed by atoms with Gasteiger partial charge >= 0.3 is 7.60 Å². The van der Waals surface area contributed by atoms with E-state index in [1.165, 1.54) is 14.2 Å². The van der Waals surface area contributed by atoms with Crippen molar-refractivity contribution < 1.29 is 18.7 Å². The molecule has 0 saturated heterocycles. The van der Waals surface area contributed by atoms with Crippen molar-refractivity contribution in [2.75, 3.05) is 20.8 Å². The average Bonchev–Trinajstić information content (AvgIpc) is 2.63. The summed E-state index contributed by atoms with van der Waals surface area (Å²) in [7, 11) is -0.670. The molecule has 0 fully saturated rings. The molecular weight excluding hydrogens is 313 g/mol. The summed E-state index contributed by atoms with van der Waals surface area (Å²) >= 11 is 0. The van der Waals surface area contributed by atoms with E-state index in [0.717, 1.165) is 11.1 Å². The predicted molar refractivity (Wildman–Crippen MR) is 90.2 cm³/mol. The van der Waals surface area contributed by atoms with Gasteiger partial charge in [0.15, 0.2) is 0 Å². The van der Waals surface area contributed by atoms with E-state index in [0.29, 0.717) is 0 Å². The summed E-state index contributed by atoms with van der Waals surface area (Å²) in [5.74, 6) is -0.655. The maximum Gasteiger partial charge on any atom is 0.351 e. The Kier molecular flexibility index (Phi) is 6.51. The van der Waals surface area contributed by atoms with E-state index in [4.69, 9.17) is 9.05 Å². The molecule has 0 bridgehead atoms. The lowest BCUT2D eigenvalue weighted by Crippen LogP contribution is -2.27. The molecule has 0 spiro atoms. The standard InChI is InChI=1S/C17H22NO4P/c1-21-23(20,22-2)17(15-11-7-4-8-12-15)18-13-16(19)14-9-5-3-6-10-14/h3-12,16-19H,13H2,1-2H3/t16-,17+/m0/s1. The number of benzene rings is 2. The zero-order valence-corrected chi connectivity index (χ0v) is 14.1. The largest absolute Gasteiger partial charge is 0.387 e. The van der Waals surface area contributed by atoms with E-state index in [9.17, 15) is 9.67 Å². The second-order valence-electron chi connectivity index (χ2n) is 5.05. The maximum absolute atomic E-state index is 12.8. The van der Waals surface area contributed by atoms with Crippen LogP contribution in [-0.2, 0) is 13.6 Å². The first-order chi connectivity index (χ1) is 11.1. The van der Waals surface area contributed by atoms with Crippen LogP contribution in [0.15, 0.2) is 60.7 Å². The third-order valence-electron chi connectivity index (χ3n) is 3.63. The number of rotatable bonds is 8. The van der Waals surface area contributed by atoms with Crippen LogP contribution in [0.3, 0.4) is 0 Å². The maximum atomic E-state index is 12.8. The topological polar surface area (TPSA) is 67.8 Å². The number of hydrogen-bond acceptors (Lipinski definition) is 5. The molecule has 0 aliphatic rings. The van der Waals surface area contributed by atoms with E-state index < -0.39 is 19.5 Å². The van der Waals surface area contributed by atoms with Crippen LogP contribution in [0.25, 0.3) is 0 Å². The minimum absolute atomic E-state index is 0.223. The highest BCUT2D eigenvalue weighted by molar-refractivity contribution is 7.54. The van der Waals surface area contributed by atoms with Gasteiger partial charge in [-0.2, -0.15) is 0 Å². The molecule has 124 valence electrons. The Labute approximate surface area is 136 Å². The summed E-state index contributed by atoms with van der Waals surface area (Å²) in [6.45, 7) is 0.223. The fourth-order valence-corrected chi connectivity index (χ4v) is 3.79. The molecule has 0 aromatic heterocycles. The number of aliphatic hydroxyl groups is 1. The van der Waals surface area contributed by atoms with Crippen LogP contribution in [0.4, 0.5) is 0 Å². The van der Waals surface area contributed by atoms with E-state index in [2.05, 4.69) is 5.32 Å². The molecule has 0 amide bonds. The van der Waals surface area contributed by atoms with E-state index in [1.807, 2.05) is 60.7 Å². The number of hydrogen-bond donors (Lipinski definition) is 2. The molecular formula is C17H22NO4P. The van der Waals surface area contributed by atoms with Gasteiger partial charge in [-0.25, -0.2) is 0 Å².